The fourth-order valence-electron chi connectivity index (χ4n) is 0.750. The number of hydrogen-bond donors (Lipinski definition) is 0. The number of rotatable bonds is 2. The highest BCUT2D eigenvalue weighted by atomic mass is 32.1. The molecule has 0 aromatic carbocycles. The van der Waals surface area contributed by atoms with Crippen molar-refractivity contribution >= 4 is 17.6 Å². The van der Waals surface area contributed by atoms with E-state index in [1.54, 1.807) is 11.3 Å². The van der Waals surface area contributed by atoms with Crippen LogP contribution < -0.4 is 0 Å². The summed E-state index contributed by atoms with van der Waals surface area (Å²) in [6, 6.07) is 3.95. The first-order chi connectivity index (χ1) is 6.14. The summed E-state index contributed by atoms with van der Waals surface area (Å²) in [4.78, 5) is 11.6. The Balaban J connectivity index is 2.55. The van der Waals surface area contributed by atoms with Gasteiger partial charge in [0.05, 0.1) is 4.88 Å². The second kappa shape index (κ2) is 4.25. The molecular weight excluding hydrogens is 180 g/mol. The highest BCUT2D eigenvalue weighted by molar-refractivity contribution is 7.10. The van der Waals surface area contributed by atoms with Crippen molar-refractivity contribution in [3.8, 4) is 11.8 Å². The summed E-state index contributed by atoms with van der Waals surface area (Å²) in [5, 5.41) is 1.99. The third-order valence-corrected chi connectivity index (χ3v) is 2.38. The van der Waals surface area contributed by atoms with Crippen molar-refractivity contribution in [2.75, 3.05) is 0 Å². The van der Waals surface area contributed by atoms with Crippen molar-refractivity contribution in [2.24, 2.45) is 5.41 Å². The Morgan fingerprint density at radius 3 is 2.92 bits per heavy atom. The summed E-state index contributed by atoms with van der Waals surface area (Å²) >= 11 is 1.62. The third kappa shape index (κ3) is 3.43. The van der Waals surface area contributed by atoms with Gasteiger partial charge >= 0.3 is 0 Å². The van der Waals surface area contributed by atoms with E-state index in [1.807, 2.05) is 31.4 Å². The molecule has 2 heteroatoms. The van der Waals surface area contributed by atoms with E-state index < -0.39 is 0 Å². The number of carbonyl (C=O) groups is 1. The van der Waals surface area contributed by atoms with Gasteiger partial charge in [0, 0.05) is 11.8 Å². The zero-order valence-corrected chi connectivity index (χ0v) is 8.65. The lowest BCUT2D eigenvalue weighted by molar-refractivity contribution is -0.114. The molecule has 0 N–H and O–H groups in total. The van der Waals surface area contributed by atoms with Crippen molar-refractivity contribution in [3.63, 3.8) is 0 Å². The Labute approximate surface area is 82.8 Å². The van der Waals surface area contributed by atoms with Crippen LogP contribution in [0.4, 0.5) is 0 Å². The highest BCUT2D eigenvalue weighted by Gasteiger charge is 2.13. The molecule has 0 saturated heterocycles. The first-order valence-electron chi connectivity index (χ1n) is 4.13. The van der Waals surface area contributed by atoms with Gasteiger partial charge < -0.3 is 4.79 Å². The van der Waals surface area contributed by atoms with Crippen LogP contribution in [0, 0.1) is 17.3 Å². The van der Waals surface area contributed by atoms with Crippen molar-refractivity contribution in [2.45, 2.75) is 20.3 Å². The van der Waals surface area contributed by atoms with Gasteiger partial charge in [0.15, 0.2) is 0 Å². The number of hydrogen-bond acceptors (Lipinski definition) is 2. The maximum Gasteiger partial charge on any atom is 0.126 e. The zero-order valence-electron chi connectivity index (χ0n) is 7.83. The zero-order chi connectivity index (χ0) is 9.73. The predicted octanol–water partition coefficient (Wildman–Crippen LogP) is 2.71. The van der Waals surface area contributed by atoms with Crippen molar-refractivity contribution in [1.82, 2.24) is 0 Å². The highest BCUT2D eigenvalue weighted by Crippen LogP contribution is 2.15. The van der Waals surface area contributed by atoms with Gasteiger partial charge in [-0.1, -0.05) is 31.8 Å². The van der Waals surface area contributed by atoms with Gasteiger partial charge in [-0.2, -0.15) is 0 Å². The summed E-state index contributed by atoms with van der Waals surface area (Å²) in [5.74, 6) is 6.03. The second-order valence-corrected chi connectivity index (χ2v) is 4.51. The van der Waals surface area contributed by atoms with Gasteiger partial charge in [0.25, 0.3) is 0 Å². The molecule has 68 valence electrons. The van der Waals surface area contributed by atoms with E-state index in [-0.39, 0.29) is 5.41 Å². The summed E-state index contributed by atoms with van der Waals surface area (Å²) in [7, 11) is 0. The molecule has 1 rings (SSSR count). The van der Waals surface area contributed by atoms with Crippen LogP contribution in [0.15, 0.2) is 17.5 Å². The molecule has 0 aliphatic heterocycles. The molecule has 0 amide bonds. The minimum absolute atomic E-state index is 0.315. The normalized spacial score (nSPS) is 10.3. The lowest BCUT2D eigenvalue weighted by Gasteiger charge is -2.10. The molecule has 1 aromatic heterocycles. The summed E-state index contributed by atoms with van der Waals surface area (Å²) in [6.07, 6.45) is 1.57. The summed E-state index contributed by atoms with van der Waals surface area (Å²) in [5.41, 5.74) is -0.315. The number of carbonyl (C=O) groups excluding carboxylic acids is 1. The van der Waals surface area contributed by atoms with Gasteiger partial charge in [0.2, 0.25) is 0 Å². The molecule has 0 saturated carbocycles. The second-order valence-electron chi connectivity index (χ2n) is 3.56. The van der Waals surface area contributed by atoms with Gasteiger partial charge in [-0.05, 0) is 11.4 Å². The van der Waals surface area contributed by atoms with E-state index in [1.165, 1.54) is 0 Å². The maximum atomic E-state index is 10.6. The smallest absolute Gasteiger partial charge is 0.126 e. The Hall–Kier alpha value is -1.07. The van der Waals surface area contributed by atoms with E-state index in [4.69, 9.17) is 0 Å². The molecule has 0 aliphatic rings. The largest absolute Gasteiger partial charge is 0.303 e. The van der Waals surface area contributed by atoms with Crippen LogP contribution in [-0.2, 0) is 4.79 Å². The quantitative estimate of drug-likeness (QED) is 0.520. The fourth-order valence-corrected chi connectivity index (χ4v) is 1.34. The number of aldehydes is 1. The van der Waals surface area contributed by atoms with E-state index in [0.717, 1.165) is 11.2 Å². The van der Waals surface area contributed by atoms with Gasteiger partial charge in [-0.15, -0.1) is 11.3 Å². The Morgan fingerprint density at radius 2 is 2.38 bits per heavy atom. The van der Waals surface area contributed by atoms with Crippen LogP contribution in [0.2, 0.25) is 0 Å². The van der Waals surface area contributed by atoms with Crippen LogP contribution in [0.3, 0.4) is 0 Å². The number of thiophene rings is 1. The average molecular weight is 192 g/mol. The monoisotopic (exact) mass is 192 g/mol. The maximum absolute atomic E-state index is 10.6. The third-order valence-electron chi connectivity index (χ3n) is 1.60. The van der Waals surface area contributed by atoms with Crippen LogP contribution >= 0.6 is 11.3 Å². The fraction of sp³-hybridized carbons (Fsp3) is 0.364. The van der Waals surface area contributed by atoms with E-state index >= 15 is 0 Å². The SMILES string of the molecule is CC(C)(C=O)CC#Cc1cccs1. The van der Waals surface area contributed by atoms with Gasteiger partial charge in [0.1, 0.15) is 6.29 Å². The molecule has 0 unspecified atom stereocenters. The Kier molecular flexibility index (Phi) is 3.27. The van der Waals surface area contributed by atoms with Crippen LogP contribution in [0.25, 0.3) is 0 Å². The average Bonchev–Trinajstić information content (AvgIpc) is 2.57. The van der Waals surface area contributed by atoms with E-state index in [9.17, 15) is 4.79 Å². The van der Waals surface area contributed by atoms with Crippen LogP contribution in [0.5, 0.6) is 0 Å². The Bertz CT molecular complexity index is 325. The molecule has 13 heavy (non-hydrogen) atoms. The first-order valence-corrected chi connectivity index (χ1v) is 5.01. The minimum atomic E-state index is -0.315. The topological polar surface area (TPSA) is 17.1 Å². The van der Waals surface area contributed by atoms with Crippen LogP contribution in [0.1, 0.15) is 25.1 Å². The molecular formula is C11H12OS. The molecule has 0 bridgehead atoms. The minimum Gasteiger partial charge on any atom is -0.303 e. The van der Waals surface area contributed by atoms with E-state index in [0.29, 0.717) is 6.42 Å². The van der Waals surface area contributed by atoms with Crippen molar-refractivity contribution in [3.05, 3.63) is 22.4 Å². The standard InChI is InChI=1S/C11H12OS/c1-11(2,9-12)7-3-5-10-6-4-8-13-10/h4,6,8-9H,7H2,1-2H3. The van der Waals surface area contributed by atoms with E-state index in [2.05, 4.69) is 11.8 Å². The van der Waals surface area contributed by atoms with Gasteiger partial charge in [-0.25, -0.2) is 0 Å². The first kappa shape index (κ1) is 10.0. The molecule has 0 fully saturated rings. The summed E-state index contributed by atoms with van der Waals surface area (Å²) < 4.78 is 0. The predicted molar refractivity (Wildman–Crippen MR) is 55.7 cm³/mol. The molecule has 1 nitrogen and oxygen atoms in total. The molecule has 0 radical (unpaired) electrons. The van der Waals surface area contributed by atoms with Gasteiger partial charge in [-0.3, -0.25) is 0 Å². The summed E-state index contributed by atoms with van der Waals surface area (Å²) in [6.45, 7) is 3.78. The molecule has 0 aliphatic carbocycles. The molecule has 0 atom stereocenters. The van der Waals surface area contributed by atoms with Crippen molar-refractivity contribution in [1.29, 1.82) is 0 Å². The lowest BCUT2D eigenvalue weighted by atomic mass is 9.92. The molecule has 1 heterocycles. The van der Waals surface area contributed by atoms with Crippen molar-refractivity contribution < 1.29 is 4.79 Å². The molecule has 0 spiro atoms. The lowest BCUT2D eigenvalue weighted by Crippen LogP contribution is -2.10. The van der Waals surface area contributed by atoms with Crippen LogP contribution in [-0.4, -0.2) is 6.29 Å². The molecule has 1 aromatic rings. The Morgan fingerprint density at radius 1 is 1.62 bits per heavy atom.